The van der Waals surface area contributed by atoms with E-state index in [0.29, 0.717) is 21.6 Å². The number of hydrogen-bond donors (Lipinski definition) is 2. The van der Waals surface area contributed by atoms with Crippen molar-refractivity contribution in [1.82, 2.24) is 9.55 Å². The minimum absolute atomic E-state index is 0.0187. The van der Waals surface area contributed by atoms with Crippen molar-refractivity contribution in [3.63, 3.8) is 0 Å². The number of nitrogens with zero attached hydrogens (tertiary/aromatic N) is 2. The van der Waals surface area contributed by atoms with Gasteiger partial charge in [0.2, 0.25) is 0 Å². The van der Waals surface area contributed by atoms with Gasteiger partial charge in [-0.25, -0.2) is 4.79 Å². The zero-order valence-corrected chi connectivity index (χ0v) is 20.4. The minimum Gasteiger partial charge on any atom is -0.480 e. The lowest BCUT2D eigenvalue weighted by Gasteiger charge is -2.10. The molecule has 0 aliphatic rings. The number of aryl methyl sites for hydroxylation is 1. The Bertz CT molecular complexity index is 1640. The van der Waals surface area contributed by atoms with Gasteiger partial charge in [-0.05, 0) is 53.4 Å². The summed E-state index contributed by atoms with van der Waals surface area (Å²) in [4.78, 5) is 27.7. The molecule has 0 saturated heterocycles. The summed E-state index contributed by atoms with van der Waals surface area (Å²) in [6, 6.07) is 26.1. The number of fused-ring (bicyclic) bond motifs is 1. The van der Waals surface area contributed by atoms with E-state index in [1.165, 1.54) is 10.6 Å². The van der Waals surface area contributed by atoms with E-state index in [-0.39, 0.29) is 17.3 Å². The predicted octanol–water partition coefficient (Wildman–Crippen LogP) is 6.91. The molecular formula is C29H21ClN2O5. The van der Waals surface area contributed by atoms with E-state index in [0.717, 1.165) is 22.3 Å². The van der Waals surface area contributed by atoms with Gasteiger partial charge in [0, 0.05) is 5.56 Å². The Kier molecular flexibility index (Phi) is 6.38. The van der Waals surface area contributed by atoms with Crippen molar-refractivity contribution in [3.8, 4) is 34.0 Å². The smallest absolute Gasteiger partial charge is 0.336 e. The molecule has 0 atom stereocenters. The normalized spacial score (nSPS) is 11.0. The van der Waals surface area contributed by atoms with Crippen LogP contribution in [0.15, 0.2) is 84.9 Å². The van der Waals surface area contributed by atoms with Crippen LogP contribution in [-0.4, -0.2) is 31.7 Å². The first-order chi connectivity index (χ1) is 17.8. The molecule has 5 rings (SSSR count). The number of rotatable bonds is 7. The molecule has 1 aromatic heterocycles. The highest BCUT2D eigenvalue weighted by Gasteiger charge is 2.19. The summed E-state index contributed by atoms with van der Waals surface area (Å²) < 4.78 is 7.27. The fourth-order valence-corrected chi connectivity index (χ4v) is 4.45. The number of aliphatic carboxylic acids is 1. The van der Waals surface area contributed by atoms with E-state index in [9.17, 15) is 19.8 Å². The fourth-order valence-electron chi connectivity index (χ4n) is 4.18. The number of benzene rings is 4. The number of carboxylic acid groups (broad SMARTS) is 2. The third-order valence-corrected chi connectivity index (χ3v) is 6.36. The van der Waals surface area contributed by atoms with Crippen LogP contribution in [0.3, 0.4) is 0 Å². The Hall–Kier alpha value is -4.62. The van der Waals surface area contributed by atoms with E-state index >= 15 is 0 Å². The van der Waals surface area contributed by atoms with Gasteiger partial charge in [0.25, 0.3) is 0 Å². The first-order valence-corrected chi connectivity index (χ1v) is 11.8. The average molecular weight is 513 g/mol. The molecule has 5 aromatic rings. The van der Waals surface area contributed by atoms with Gasteiger partial charge in [-0.1, -0.05) is 72.3 Å². The predicted molar refractivity (Wildman–Crippen MR) is 141 cm³/mol. The first-order valence-electron chi connectivity index (χ1n) is 11.4. The van der Waals surface area contributed by atoms with Crippen molar-refractivity contribution >= 4 is 34.6 Å². The highest BCUT2D eigenvalue weighted by Crippen LogP contribution is 2.36. The number of halogens is 1. The molecule has 0 radical (unpaired) electrons. The molecule has 7 nitrogen and oxygen atoms in total. The van der Waals surface area contributed by atoms with Crippen molar-refractivity contribution in [2.75, 3.05) is 0 Å². The van der Waals surface area contributed by atoms with Gasteiger partial charge in [0.1, 0.15) is 12.3 Å². The van der Waals surface area contributed by atoms with Crippen LogP contribution in [0.1, 0.15) is 15.9 Å². The van der Waals surface area contributed by atoms with Crippen LogP contribution in [0.2, 0.25) is 5.02 Å². The summed E-state index contributed by atoms with van der Waals surface area (Å²) >= 11 is 6.65. The summed E-state index contributed by atoms with van der Waals surface area (Å²) in [6.07, 6.45) is 0. The number of carbonyl (C=O) groups is 2. The van der Waals surface area contributed by atoms with Gasteiger partial charge in [0.15, 0.2) is 0 Å². The second-order valence-electron chi connectivity index (χ2n) is 8.52. The van der Waals surface area contributed by atoms with Gasteiger partial charge in [0.05, 0.1) is 21.6 Å². The summed E-state index contributed by atoms with van der Waals surface area (Å²) in [6.45, 7) is 1.27. The van der Waals surface area contributed by atoms with E-state index in [1.807, 2.05) is 54.6 Å². The van der Waals surface area contributed by atoms with Crippen LogP contribution >= 0.6 is 11.6 Å². The van der Waals surface area contributed by atoms with Crippen molar-refractivity contribution in [3.05, 3.63) is 101 Å². The number of imidazole rings is 1. The maximum Gasteiger partial charge on any atom is 0.336 e. The Morgan fingerprint density at radius 2 is 1.57 bits per heavy atom. The van der Waals surface area contributed by atoms with Crippen LogP contribution in [0.4, 0.5) is 0 Å². The average Bonchev–Trinajstić information content (AvgIpc) is 3.20. The van der Waals surface area contributed by atoms with Crippen molar-refractivity contribution < 1.29 is 24.5 Å². The van der Waals surface area contributed by atoms with Crippen molar-refractivity contribution in [2.45, 2.75) is 13.5 Å². The van der Waals surface area contributed by atoms with Gasteiger partial charge >= 0.3 is 17.9 Å². The molecule has 184 valence electrons. The third-order valence-electron chi connectivity index (χ3n) is 6.05. The second kappa shape index (κ2) is 9.79. The molecule has 8 heteroatoms. The Morgan fingerprint density at radius 1 is 0.892 bits per heavy atom. The van der Waals surface area contributed by atoms with Crippen molar-refractivity contribution in [2.24, 2.45) is 0 Å². The Balaban J connectivity index is 1.55. The number of aromatic nitrogens is 2. The molecule has 0 aliphatic carbocycles. The summed E-state index contributed by atoms with van der Waals surface area (Å²) in [5.41, 5.74) is 5.44. The summed E-state index contributed by atoms with van der Waals surface area (Å²) in [5, 5.41) is 19.4. The zero-order chi connectivity index (χ0) is 26.1. The lowest BCUT2D eigenvalue weighted by molar-refractivity contribution is -0.137. The molecule has 0 amide bonds. The maximum atomic E-state index is 11.6. The van der Waals surface area contributed by atoms with Gasteiger partial charge in [-0.2, -0.15) is 4.98 Å². The molecule has 0 fully saturated rings. The molecular weight excluding hydrogens is 492 g/mol. The number of aromatic carboxylic acids is 1. The maximum absolute atomic E-state index is 11.6. The monoisotopic (exact) mass is 512 g/mol. The van der Waals surface area contributed by atoms with E-state index in [1.54, 1.807) is 31.2 Å². The highest BCUT2D eigenvalue weighted by atomic mass is 35.5. The molecule has 2 N–H and O–H groups in total. The minimum atomic E-state index is -1.09. The second-order valence-corrected chi connectivity index (χ2v) is 8.93. The number of carboxylic acids is 2. The van der Waals surface area contributed by atoms with Gasteiger partial charge in [-0.15, -0.1) is 0 Å². The zero-order valence-electron chi connectivity index (χ0n) is 19.7. The molecule has 0 aliphatic heterocycles. The van der Waals surface area contributed by atoms with Crippen LogP contribution in [0.25, 0.3) is 33.3 Å². The van der Waals surface area contributed by atoms with Gasteiger partial charge < -0.3 is 14.9 Å². The topological polar surface area (TPSA) is 102 Å². The van der Waals surface area contributed by atoms with Crippen LogP contribution < -0.4 is 4.74 Å². The molecule has 0 saturated carbocycles. The SMILES string of the molecule is Cc1ccc(Oc2nc3cc(-c4ccc(-c5ccccc5)cc4)c(Cl)cc3n2CC(=O)O)cc1C(=O)O. The molecule has 4 aromatic carbocycles. The van der Waals surface area contributed by atoms with E-state index < -0.39 is 18.5 Å². The highest BCUT2D eigenvalue weighted by molar-refractivity contribution is 6.34. The Morgan fingerprint density at radius 3 is 2.24 bits per heavy atom. The molecule has 37 heavy (non-hydrogen) atoms. The third kappa shape index (κ3) is 4.90. The fraction of sp³-hybridized carbons (Fsp3) is 0.0690. The summed E-state index contributed by atoms with van der Waals surface area (Å²) in [5.74, 6) is -1.94. The lowest BCUT2D eigenvalue weighted by atomic mass is 10.00. The molecule has 0 bridgehead atoms. The van der Waals surface area contributed by atoms with Crippen LogP contribution in [0.5, 0.6) is 11.8 Å². The molecule has 0 spiro atoms. The number of hydrogen-bond acceptors (Lipinski definition) is 4. The standard InChI is InChI=1S/C29H21ClN2O5/c1-17-7-12-21(13-22(17)28(35)36)37-29-31-25-14-23(24(30)15-26(25)32(29)16-27(33)34)20-10-8-19(9-11-20)18-5-3-2-4-6-18/h2-15H,16H2,1H3,(H,33,34)(H,35,36). The molecule has 1 heterocycles. The summed E-state index contributed by atoms with van der Waals surface area (Å²) in [7, 11) is 0. The quantitative estimate of drug-likeness (QED) is 0.246. The van der Waals surface area contributed by atoms with Crippen LogP contribution in [-0.2, 0) is 11.3 Å². The lowest BCUT2D eigenvalue weighted by Crippen LogP contribution is -2.10. The Labute approximate surface area is 217 Å². The van der Waals surface area contributed by atoms with E-state index in [2.05, 4.69) is 4.98 Å². The van der Waals surface area contributed by atoms with Crippen molar-refractivity contribution in [1.29, 1.82) is 0 Å². The van der Waals surface area contributed by atoms with E-state index in [4.69, 9.17) is 16.3 Å². The largest absolute Gasteiger partial charge is 0.480 e. The number of ether oxygens (including phenoxy) is 1. The first kappa shape index (κ1) is 24.1. The van der Waals surface area contributed by atoms with Gasteiger partial charge in [-0.3, -0.25) is 9.36 Å². The molecule has 0 unspecified atom stereocenters. The van der Waals surface area contributed by atoms with Crippen LogP contribution in [0, 0.1) is 6.92 Å².